The topological polar surface area (TPSA) is 94.2 Å². The fraction of sp³-hybridized carbons (Fsp3) is 0.171. The van der Waals surface area contributed by atoms with E-state index in [0.29, 0.717) is 34.4 Å². The number of urea groups is 1. The molecular weight excluding hydrogens is 615 g/mol. The van der Waals surface area contributed by atoms with Crippen LogP contribution < -0.4 is 24.4 Å². The number of rotatable bonds is 10. The molecule has 1 saturated heterocycles. The van der Waals surface area contributed by atoms with Crippen molar-refractivity contribution >= 4 is 52.8 Å². The lowest BCUT2D eigenvalue weighted by Gasteiger charge is -2.26. The highest BCUT2D eigenvalue weighted by atomic mass is 35.5. The first-order chi connectivity index (χ1) is 21.6. The average Bonchev–Trinajstić information content (AvgIpc) is 3.01. The number of anilines is 1. The molecule has 1 fully saturated rings. The molecule has 1 aliphatic rings. The number of halogens is 2. The molecule has 0 radical (unpaired) electrons. The highest BCUT2D eigenvalue weighted by Crippen LogP contribution is 2.38. The molecule has 230 valence electrons. The van der Waals surface area contributed by atoms with Gasteiger partial charge in [0.1, 0.15) is 24.5 Å². The second-order valence-corrected chi connectivity index (χ2v) is 11.1. The van der Waals surface area contributed by atoms with Gasteiger partial charge in [0.2, 0.25) is 0 Å². The molecule has 45 heavy (non-hydrogen) atoms. The predicted octanol–water partition coefficient (Wildman–Crippen LogP) is 7.83. The van der Waals surface area contributed by atoms with Crippen LogP contribution in [-0.4, -0.2) is 24.5 Å². The van der Waals surface area contributed by atoms with Gasteiger partial charge in [-0.05, 0) is 91.6 Å². The highest BCUT2D eigenvalue weighted by molar-refractivity contribution is 6.39. The Balaban J connectivity index is 1.36. The Kier molecular flexibility index (Phi) is 9.76. The van der Waals surface area contributed by atoms with E-state index in [9.17, 15) is 14.4 Å². The molecular formula is C35H30Cl2N2O6. The average molecular weight is 646 g/mol. The summed E-state index contributed by atoms with van der Waals surface area (Å²) in [7, 11) is 0. The Morgan fingerprint density at radius 3 is 2.27 bits per heavy atom. The summed E-state index contributed by atoms with van der Waals surface area (Å²) in [4.78, 5) is 39.9. The van der Waals surface area contributed by atoms with Crippen molar-refractivity contribution in [1.82, 2.24) is 5.32 Å². The standard InChI is InChI=1S/C35H30Cl2N2O6/c1-4-43-31-18-24(17-30(37)32(31)45-19-23-10-9-21(2)22(3)15-23)16-28-33(40)38-35(42)39(34(28)41)26-11-13-27(14-12-26)44-20-25-7-5-6-8-29(25)36/h5-18H,4,19-20H2,1-3H3,(H,38,40,42)/b28-16+. The van der Waals surface area contributed by atoms with E-state index in [1.54, 1.807) is 42.5 Å². The van der Waals surface area contributed by atoms with Crippen LogP contribution in [0, 0.1) is 13.8 Å². The molecule has 0 bridgehead atoms. The van der Waals surface area contributed by atoms with Gasteiger partial charge in [-0.25, -0.2) is 9.69 Å². The number of barbiturate groups is 1. The third-order valence-corrected chi connectivity index (χ3v) is 7.80. The van der Waals surface area contributed by atoms with E-state index in [1.165, 1.54) is 11.6 Å². The van der Waals surface area contributed by atoms with Crippen LogP contribution in [0.15, 0.2) is 84.4 Å². The molecule has 4 aromatic rings. The van der Waals surface area contributed by atoms with Gasteiger partial charge in [-0.2, -0.15) is 0 Å². The van der Waals surface area contributed by atoms with Crippen molar-refractivity contribution in [2.45, 2.75) is 34.0 Å². The fourth-order valence-corrected chi connectivity index (χ4v) is 5.11. The Bertz CT molecular complexity index is 1800. The van der Waals surface area contributed by atoms with Crippen molar-refractivity contribution in [2.75, 3.05) is 11.5 Å². The highest BCUT2D eigenvalue weighted by Gasteiger charge is 2.37. The SMILES string of the molecule is CCOc1cc(/C=C2\C(=O)NC(=O)N(c3ccc(OCc4ccccc4Cl)cc3)C2=O)cc(Cl)c1OCc1ccc(C)c(C)c1. The molecule has 5 rings (SSSR count). The molecule has 1 heterocycles. The van der Waals surface area contributed by atoms with E-state index in [4.69, 9.17) is 37.4 Å². The second-order valence-electron chi connectivity index (χ2n) is 10.3. The molecule has 1 N–H and O–H groups in total. The maximum absolute atomic E-state index is 13.5. The molecule has 1 aliphatic heterocycles. The number of amides is 4. The van der Waals surface area contributed by atoms with Crippen LogP contribution in [0.25, 0.3) is 6.08 Å². The maximum Gasteiger partial charge on any atom is 0.335 e. The van der Waals surface area contributed by atoms with Crippen molar-refractivity contribution in [2.24, 2.45) is 0 Å². The maximum atomic E-state index is 13.5. The first kappa shape index (κ1) is 31.6. The molecule has 0 spiro atoms. The smallest absolute Gasteiger partial charge is 0.335 e. The van der Waals surface area contributed by atoms with Crippen LogP contribution >= 0.6 is 23.2 Å². The zero-order chi connectivity index (χ0) is 32.1. The van der Waals surface area contributed by atoms with Crippen LogP contribution in [0.2, 0.25) is 10.0 Å². The Morgan fingerprint density at radius 2 is 1.56 bits per heavy atom. The van der Waals surface area contributed by atoms with Crippen LogP contribution in [-0.2, 0) is 22.8 Å². The first-order valence-electron chi connectivity index (χ1n) is 14.2. The number of ether oxygens (including phenoxy) is 3. The number of hydrogen-bond donors (Lipinski definition) is 1. The molecule has 0 saturated carbocycles. The largest absolute Gasteiger partial charge is 0.490 e. The monoisotopic (exact) mass is 644 g/mol. The first-order valence-corrected chi connectivity index (χ1v) is 14.9. The van der Waals surface area contributed by atoms with Crippen LogP contribution in [0.4, 0.5) is 10.5 Å². The molecule has 4 amide bonds. The van der Waals surface area contributed by atoms with Gasteiger partial charge in [-0.3, -0.25) is 14.9 Å². The third-order valence-electron chi connectivity index (χ3n) is 7.15. The van der Waals surface area contributed by atoms with E-state index in [2.05, 4.69) is 5.32 Å². The van der Waals surface area contributed by atoms with Crippen molar-refractivity contribution in [3.05, 3.63) is 122 Å². The number of nitrogens with one attached hydrogen (secondary N) is 1. The van der Waals surface area contributed by atoms with Crippen LogP contribution in [0.3, 0.4) is 0 Å². The summed E-state index contributed by atoms with van der Waals surface area (Å²) >= 11 is 12.8. The third kappa shape index (κ3) is 7.30. The number of hydrogen-bond acceptors (Lipinski definition) is 6. The quantitative estimate of drug-likeness (QED) is 0.140. The van der Waals surface area contributed by atoms with E-state index < -0.39 is 17.8 Å². The van der Waals surface area contributed by atoms with Crippen molar-refractivity contribution < 1.29 is 28.6 Å². The number of benzene rings is 4. The number of imide groups is 2. The van der Waals surface area contributed by atoms with Gasteiger partial charge in [-0.15, -0.1) is 0 Å². The van der Waals surface area contributed by atoms with Crippen LogP contribution in [0.5, 0.6) is 17.2 Å². The van der Waals surface area contributed by atoms with E-state index in [-0.39, 0.29) is 29.5 Å². The fourth-order valence-electron chi connectivity index (χ4n) is 4.65. The Morgan fingerprint density at radius 1 is 0.800 bits per heavy atom. The van der Waals surface area contributed by atoms with E-state index in [1.807, 2.05) is 57.2 Å². The summed E-state index contributed by atoms with van der Waals surface area (Å²) in [6, 6.07) is 22.1. The minimum absolute atomic E-state index is 0.237. The number of aryl methyl sites for hydroxylation is 2. The molecule has 4 aromatic carbocycles. The molecule has 0 atom stereocenters. The van der Waals surface area contributed by atoms with Gasteiger partial charge in [0.05, 0.1) is 17.3 Å². The lowest BCUT2D eigenvalue weighted by Crippen LogP contribution is -2.54. The summed E-state index contributed by atoms with van der Waals surface area (Å²) in [5.74, 6) is -0.423. The summed E-state index contributed by atoms with van der Waals surface area (Å²) in [6.07, 6.45) is 1.36. The molecule has 0 unspecified atom stereocenters. The lowest BCUT2D eigenvalue weighted by atomic mass is 10.1. The minimum Gasteiger partial charge on any atom is -0.490 e. The number of nitrogens with zero attached hydrogens (tertiary/aromatic N) is 1. The minimum atomic E-state index is -0.866. The van der Waals surface area contributed by atoms with Gasteiger partial charge >= 0.3 is 6.03 Å². The van der Waals surface area contributed by atoms with Crippen molar-refractivity contribution in [3.8, 4) is 17.2 Å². The van der Waals surface area contributed by atoms with Gasteiger partial charge in [0, 0.05) is 10.6 Å². The van der Waals surface area contributed by atoms with E-state index in [0.717, 1.165) is 21.6 Å². The van der Waals surface area contributed by atoms with Crippen molar-refractivity contribution in [1.29, 1.82) is 0 Å². The van der Waals surface area contributed by atoms with Crippen molar-refractivity contribution in [3.63, 3.8) is 0 Å². The van der Waals surface area contributed by atoms with Crippen LogP contribution in [0.1, 0.15) is 34.7 Å². The molecule has 10 heteroatoms. The second kappa shape index (κ2) is 13.9. The zero-order valence-corrected chi connectivity index (χ0v) is 26.4. The summed E-state index contributed by atoms with van der Waals surface area (Å²) in [5.41, 5.74) is 4.53. The number of carbonyl (C=O) groups is 3. The lowest BCUT2D eigenvalue weighted by molar-refractivity contribution is -0.122. The summed E-state index contributed by atoms with van der Waals surface area (Å²) in [5, 5.41) is 3.06. The van der Waals surface area contributed by atoms with Gasteiger partial charge < -0.3 is 14.2 Å². The van der Waals surface area contributed by atoms with Gasteiger partial charge in [0.25, 0.3) is 11.8 Å². The number of carbonyl (C=O) groups excluding carboxylic acids is 3. The summed E-state index contributed by atoms with van der Waals surface area (Å²) < 4.78 is 17.6. The van der Waals surface area contributed by atoms with Gasteiger partial charge in [0.15, 0.2) is 11.5 Å². The molecule has 8 nitrogen and oxygen atoms in total. The zero-order valence-electron chi connectivity index (χ0n) is 24.9. The molecule has 0 aromatic heterocycles. The predicted molar refractivity (Wildman–Crippen MR) is 174 cm³/mol. The molecule has 0 aliphatic carbocycles. The van der Waals surface area contributed by atoms with E-state index >= 15 is 0 Å². The Hall–Kier alpha value is -4.79. The summed E-state index contributed by atoms with van der Waals surface area (Å²) in [6.45, 7) is 6.73. The van der Waals surface area contributed by atoms with Gasteiger partial charge in [-0.1, -0.05) is 59.6 Å². The normalized spacial score (nSPS) is 14.0. The Labute approximate surface area is 271 Å².